The maximum Gasteiger partial charge on any atom is 0.348 e. The molecule has 112 valence electrons. The lowest BCUT2D eigenvalue weighted by atomic mass is 10.1. The van der Waals surface area contributed by atoms with Gasteiger partial charge in [0.2, 0.25) is 0 Å². The summed E-state index contributed by atoms with van der Waals surface area (Å²) in [5, 5.41) is 5.29. The summed E-state index contributed by atoms with van der Waals surface area (Å²) in [7, 11) is 0. The van der Waals surface area contributed by atoms with Crippen molar-refractivity contribution in [1.82, 2.24) is 19.7 Å². The molecule has 23 heavy (non-hydrogen) atoms. The lowest BCUT2D eigenvalue weighted by Crippen LogP contribution is -2.13. The highest BCUT2D eigenvalue weighted by molar-refractivity contribution is 5.98. The third kappa shape index (κ3) is 2.17. The Morgan fingerprint density at radius 1 is 0.957 bits per heavy atom. The van der Waals surface area contributed by atoms with E-state index in [-0.39, 0.29) is 5.82 Å². The summed E-state index contributed by atoms with van der Waals surface area (Å²) >= 11 is 0. The number of nitrogens with one attached hydrogen (secondary N) is 1. The molecule has 0 fully saturated rings. The summed E-state index contributed by atoms with van der Waals surface area (Å²) in [6, 6.07) is 19.2. The van der Waals surface area contributed by atoms with Gasteiger partial charge in [0, 0.05) is 5.56 Å². The first-order valence-corrected chi connectivity index (χ1v) is 7.13. The SMILES string of the molecule is Nc1[nH]c(=O)nc2c1c(-c1ccccc1)nn2-c1ccccc1. The van der Waals surface area contributed by atoms with Gasteiger partial charge in [0.05, 0.1) is 11.1 Å². The van der Waals surface area contributed by atoms with Crippen LogP contribution >= 0.6 is 0 Å². The normalized spacial score (nSPS) is 11.0. The van der Waals surface area contributed by atoms with Crippen molar-refractivity contribution in [2.45, 2.75) is 0 Å². The Balaban J connectivity index is 2.11. The van der Waals surface area contributed by atoms with E-state index in [4.69, 9.17) is 5.73 Å². The molecule has 2 aromatic heterocycles. The van der Waals surface area contributed by atoms with Crippen molar-refractivity contribution in [3.8, 4) is 16.9 Å². The van der Waals surface area contributed by atoms with E-state index in [1.807, 2.05) is 60.7 Å². The largest absolute Gasteiger partial charge is 0.384 e. The minimum atomic E-state index is -0.494. The molecule has 2 heterocycles. The lowest BCUT2D eigenvalue weighted by molar-refractivity contribution is 0.894. The third-order valence-electron chi connectivity index (χ3n) is 3.63. The number of fused-ring (bicyclic) bond motifs is 1. The first kappa shape index (κ1) is 13.3. The second-order valence-electron chi connectivity index (χ2n) is 5.12. The zero-order valence-corrected chi connectivity index (χ0v) is 12.1. The van der Waals surface area contributed by atoms with Gasteiger partial charge in [0.1, 0.15) is 11.5 Å². The van der Waals surface area contributed by atoms with Crippen molar-refractivity contribution in [3.63, 3.8) is 0 Å². The number of aromatic nitrogens is 4. The van der Waals surface area contributed by atoms with Crippen molar-refractivity contribution in [2.75, 3.05) is 5.73 Å². The van der Waals surface area contributed by atoms with E-state index in [9.17, 15) is 4.79 Å². The minimum Gasteiger partial charge on any atom is -0.384 e. The van der Waals surface area contributed by atoms with Crippen LogP contribution in [0.4, 0.5) is 5.82 Å². The number of nitrogen functional groups attached to an aromatic ring is 1. The summed E-state index contributed by atoms with van der Waals surface area (Å²) in [6.07, 6.45) is 0. The average Bonchev–Trinajstić information content (AvgIpc) is 2.96. The first-order chi connectivity index (χ1) is 11.2. The second kappa shape index (κ2) is 5.10. The molecule has 0 aliphatic rings. The number of H-pyrrole nitrogens is 1. The van der Waals surface area contributed by atoms with Gasteiger partial charge in [-0.05, 0) is 12.1 Å². The molecule has 4 aromatic rings. The van der Waals surface area contributed by atoms with E-state index in [0.717, 1.165) is 11.3 Å². The van der Waals surface area contributed by atoms with Crippen LogP contribution < -0.4 is 11.4 Å². The molecule has 0 bridgehead atoms. The fourth-order valence-corrected chi connectivity index (χ4v) is 2.61. The minimum absolute atomic E-state index is 0.265. The number of para-hydroxylation sites is 1. The highest BCUT2D eigenvalue weighted by Crippen LogP contribution is 2.30. The highest BCUT2D eigenvalue weighted by Gasteiger charge is 2.18. The van der Waals surface area contributed by atoms with E-state index < -0.39 is 5.69 Å². The molecule has 0 amide bonds. The summed E-state index contributed by atoms with van der Waals surface area (Å²) < 4.78 is 1.64. The van der Waals surface area contributed by atoms with Crippen LogP contribution in [0, 0.1) is 0 Å². The molecule has 0 atom stereocenters. The predicted octanol–water partition coefficient (Wildman–Crippen LogP) is 2.36. The molecule has 0 spiro atoms. The first-order valence-electron chi connectivity index (χ1n) is 7.13. The van der Waals surface area contributed by atoms with Gasteiger partial charge in [-0.3, -0.25) is 4.98 Å². The molecule has 0 saturated heterocycles. The van der Waals surface area contributed by atoms with Gasteiger partial charge in [-0.15, -0.1) is 0 Å². The number of aromatic amines is 1. The van der Waals surface area contributed by atoms with E-state index >= 15 is 0 Å². The van der Waals surface area contributed by atoms with Crippen LogP contribution in [0.2, 0.25) is 0 Å². The van der Waals surface area contributed by atoms with E-state index in [1.54, 1.807) is 4.68 Å². The summed E-state index contributed by atoms with van der Waals surface area (Å²) in [5.41, 5.74) is 8.40. The van der Waals surface area contributed by atoms with Crippen molar-refractivity contribution in [1.29, 1.82) is 0 Å². The summed E-state index contributed by atoms with van der Waals surface area (Å²) in [5.74, 6) is 0.265. The Bertz CT molecular complexity index is 1040. The fraction of sp³-hybridized carbons (Fsp3) is 0. The number of benzene rings is 2. The van der Waals surface area contributed by atoms with Gasteiger partial charge >= 0.3 is 5.69 Å². The summed E-state index contributed by atoms with van der Waals surface area (Å²) in [6.45, 7) is 0. The zero-order chi connectivity index (χ0) is 15.8. The Morgan fingerprint density at radius 2 is 1.61 bits per heavy atom. The zero-order valence-electron chi connectivity index (χ0n) is 12.1. The number of anilines is 1. The number of rotatable bonds is 2. The van der Waals surface area contributed by atoms with E-state index in [1.165, 1.54) is 0 Å². The molecule has 6 heteroatoms. The van der Waals surface area contributed by atoms with Crippen LogP contribution in [0.15, 0.2) is 65.5 Å². The fourth-order valence-electron chi connectivity index (χ4n) is 2.61. The van der Waals surface area contributed by atoms with Crippen LogP contribution in [0.3, 0.4) is 0 Å². The van der Waals surface area contributed by atoms with Gasteiger partial charge in [-0.1, -0.05) is 48.5 Å². The standard InChI is InChI=1S/C17H13N5O/c18-15-13-14(11-7-3-1-4-8-11)21-22(12-9-5-2-6-10-12)16(13)20-17(23)19-15/h1-10H,(H3,18,19,20,23). The Morgan fingerprint density at radius 3 is 2.30 bits per heavy atom. The molecule has 6 nitrogen and oxygen atoms in total. The predicted molar refractivity (Wildman–Crippen MR) is 89.3 cm³/mol. The molecule has 4 rings (SSSR count). The smallest absolute Gasteiger partial charge is 0.348 e. The van der Waals surface area contributed by atoms with Crippen LogP contribution in [0.25, 0.3) is 28.0 Å². The van der Waals surface area contributed by atoms with Crippen molar-refractivity contribution in [3.05, 3.63) is 71.1 Å². The lowest BCUT2D eigenvalue weighted by Gasteiger charge is -2.01. The molecule has 0 radical (unpaired) electrons. The highest BCUT2D eigenvalue weighted by atomic mass is 16.1. The van der Waals surface area contributed by atoms with Crippen LogP contribution in [-0.4, -0.2) is 19.7 Å². The Kier molecular flexibility index (Phi) is 2.94. The number of nitrogens with zero attached hydrogens (tertiary/aromatic N) is 3. The van der Waals surface area contributed by atoms with Gasteiger partial charge in [-0.25, -0.2) is 9.48 Å². The Hall–Kier alpha value is -3.41. The van der Waals surface area contributed by atoms with Gasteiger partial charge in [-0.2, -0.15) is 10.1 Å². The van der Waals surface area contributed by atoms with Crippen molar-refractivity contribution >= 4 is 16.9 Å². The van der Waals surface area contributed by atoms with Gasteiger partial charge in [0.15, 0.2) is 5.65 Å². The number of hydrogen-bond acceptors (Lipinski definition) is 4. The molecule has 0 unspecified atom stereocenters. The average molecular weight is 303 g/mol. The van der Waals surface area contributed by atoms with Gasteiger partial charge < -0.3 is 5.73 Å². The van der Waals surface area contributed by atoms with E-state index in [0.29, 0.717) is 16.7 Å². The molecular weight excluding hydrogens is 290 g/mol. The van der Waals surface area contributed by atoms with Crippen molar-refractivity contribution in [2.24, 2.45) is 0 Å². The molecule has 0 aliphatic carbocycles. The van der Waals surface area contributed by atoms with Crippen molar-refractivity contribution < 1.29 is 0 Å². The van der Waals surface area contributed by atoms with E-state index in [2.05, 4.69) is 15.1 Å². The molecule has 0 aliphatic heterocycles. The Labute approximate surface area is 131 Å². The monoisotopic (exact) mass is 303 g/mol. The number of nitrogens with two attached hydrogens (primary N) is 1. The molecule has 3 N–H and O–H groups in total. The van der Waals surface area contributed by atoms with Crippen LogP contribution in [0.1, 0.15) is 0 Å². The quantitative estimate of drug-likeness (QED) is 0.595. The topological polar surface area (TPSA) is 89.6 Å². The second-order valence-corrected chi connectivity index (χ2v) is 5.12. The van der Waals surface area contributed by atoms with Crippen LogP contribution in [-0.2, 0) is 0 Å². The molecule has 2 aromatic carbocycles. The number of hydrogen-bond donors (Lipinski definition) is 2. The third-order valence-corrected chi connectivity index (χ3v) is 3.63. The van der Waals surface area contributed by atoms with Crippen LogP contribution in [0.5, 0.6) is 0 Å². The summed E-state index contributed by atoms with van der Waals surface area (Å²) in [4.78, 5) is 18.4. The maximum absolute atomic E-state index is 11.7. The van der Waals surface area contributed by atoms with Gasteiger partial charge in [0.25, 0.3) is 0 Å². The molecular formula is C17H13N5O. The molecule has 0 saturated carbocycles. The maximum atomic E-state index is 11.7.